The van der Waals surface area contributed by atoms with Crippen molar-refractivity contribution >= 4 is 23.3 Å². The summed E-state index contributed by atoms with van der Waals surface area (Å²) in [6.45, 7) is 2.40. The molecule has 0 bridgehead atoms. The van der Waals surface area contributed by atoms with Gasteiger partial charge in [0.25, 0.3) is 0 Å². The number of carbonyl (C=O) groups is 1. The van der Waals surface area contributed by atoms with Gasteiger partial charge in [0.15, 0.2) is 0 Å². The van der Waals surface area contributed by atoms with E-state index in [-0.39, 0.29) is 11.9 Å². The van der Waals surface area contributed by atoms with Crippen LogP contribution in [0.5, 0.6) is 0 Å². The van der Waals surface area contributed by atoms with Crippen LogP contribution in [-0.4, -0.2) is 28.5 Å². The van der Waals surface area contributed by atoms with Gasteiger partial charge in [0.2, 0.25) is 5.91 Å². The molecule has 0 saturated carbocycles. The molecule has 1 aliphatic heterocycles. The third kappa shape index (κ3) is 2.56. The van der Waals surface area contributed by atoms with Crippen molar-refractivity contribution in [3.63, 3.8) is 0 Å². The van der Waals surface area contributed by atoms with Gasteiger partial charge >= 0.3 is 0 Å². The molecule has 6 heteroatoms. The van der Waals surface area contributed by atoms with E-state index in [4.69, 9.17) is 11.6 Å². The van der Waals surface area contributed by atoms with Crippen LogP contribution < -0.4 is 10.6 Å². The molecule has 0 aliphatic carbocycles. The van der Waals surface area contributed by atoms with Crippen molar-refractivity contribution in [3.8, 4) is 0 Å². The number of aromatic nitrogens is 2. The first kappa shape index (κ1) is 10.2. The number of carbonyl (C=O) groups excluding carboxylic acids is 1. The summed E-state index contributed by atoms with van der Waals surface area (Å²) < 4.78 is 0. The van der Waals surface area contributed by atoms with Crippen LogP contribution in [0.1, 0.15) is 12.2 Å². The molecule has 5 nitrogen and oxygen atoms in total. The fourth-order valence-electron chi connectivity index (χ4n) is 1.52. The Bertz CT molecular complexity index is 375. The maximum Gasteiger partial charge on any atom is 0.222 e. The lowest BCUT2D eigenvalue weighted by Crippen LogP contribution is -2.23. The van der Waals surface area contributed by atoms with E-state index < -0.39 is 0 Å². The smallest absolute Gasteiger partial charge is 0.222 e. The molecule has 1 fully saturated rings. The normalized spacial score (nSPS) is 20.1. The summed E-state index contributed by atoms with van der Waals surface area (Å²) in [7, 11) is 0. The second kappa shape index (κ2) is 4.02. The minimum Gasteiger partial charge on any atom is -0.365 e. The lowest BCUT2D eigenvalue weighted by atomic mass is 10.2. The molecule has 2 rings (SSSR count). The van der Waals surface area contributed by atoms with Gasteiger partial charge < -0.3 is 10.6 Å². The molecule has 2 heterocycles. The van der Waals surface area contributed by atoms with Crippen LogP contribution in [0.3, 0.4) is 0 Å². The molecule has 0 aromatic carbocycles. The lowest BCUT2D eigenvalue weighted by molar-refractivity contribution is -0.119. The predicted octanol–water partition coefficient (Wildman–Crippen LogP) is 0.739. The van der Waals surface area contributed by atoms with Crippen molar-refractivity contribution in [1.29, 1.82) is 0 Å². The molecule has 0 radical (unpaired) electrons. The highest BCUT2D eigenvalue weighted by Gasteiger charge is 2.21. The Kier molecular flexibility index (Phi) is 2.73. The van der Waals surface area contributed by atoms with Crippen LogP contribution in [0.25, 0.3) is 0 Å². The molecule has 80 valence electrons. The summed E-state index contributed by atoms with van der Waals surface area (Å²) in [4.78, 5) is 19.1. The molecular formula is C9H11ClN4O. The van der Waals surface area contributed by atoms with E-state index in [0.717, 1.165) is 0 Å². The second-order valence-electron chi connectivity index (χ2n) is 3.47. The minimum absolute atomic E-state index is 0.0596. The molecule has 1 unspecified atom stereocenters. The van der Waals surface area contributed by atoms with Gasteiger partial charge in [0, 0.05) is 19.0 Å². The van der Waals surface area contributed by atoms with Crippen LogP contribution in [-0.2, 0) is 4.79 Å². The number of nitrogens with zero attached hydrogens (tertiary/aromatic N) is 2. The number of aryl methyl sites for hydroxylation is 1. The molecule has 1 amide bonds. The molecule has 0 spiro atoms. The molecule has 1 saturated heterocycles. The maximum absolute atomic E-state index is 11.0. The molecule has 1 aromatic heterocycles. The number of rotatable bonds is 2. The first-order valence-electron chi connectivity index (χ1n) is 4.68. The first-order chi connectivity index (χ1) is 7.13. The number of halogens is 1. The Morgan fingerprint density at radius 3 is 3.00 bits per heavy atom. The van der Waals surface area contributed by atoms with E-state index in [2.05, 4.69) is 20.6 Å². The van der Waals surface area contributed by atoms with E-state index in [0.29, 0.717) is 29.8 Å². The van der Waals surface area contributed by atoms with E-state index >= 15 is 0 Å². The average Bonchev–Trinajstić information content (AvgIpc) is 2.49. The van der Waals surface area contributed by atoms with Gasteiger partial charge in [-0.05, 0) is 6.92 Å². The van der Waals surface area contributed by atoms with E-state index in [1.54, 1.807) is 13.0 Å². The number of anilines is 1. The van der Waals surface area contributed by atoms with Crippen molar-refractivity contribution in [2.24, 2.45) is 0 Å². The fourth-order valence-corrected chi connectivity index (χ4v) is 1.75. The molecule has 1 aromatic rings. The van der Waals surface area contributed by atoms with Gasteiger partial charge in [-0.3, -0.25) is 4.79 Å². The van der Waals surface area contributed by atoms with Crippen molar-refractivity contribution in [3.05, 3.63) is 17.0 Å². The van der Waals surface area contributed by atoms with Crippen molar-refractivity contribution in [2.45, 2.75) is 19.4 Å². The third-order valence-corrected chi connectivity index (χ3v) is 2.33. The van der Waals surface area contributed by atoms with E-state index in [9.17, 15) is 4.79 Å². The summed E-state index contributed by atoms with van der Waals surface area (Å²) >= 11 is 5.79. The number of hydrogen-bond acceptors (Lipinski definition) is 4. The highest BCUT2D eigenvalue weighted by molar-refractivity contribution is 6.29. The number of nitrogens with one attached hydrogen (secondary N) is 2. The van der Waals surface area contributed by atoms with Crippen LogP contribution in [0, 0.1) is 6.92 Å². The van der Waals surface area contributed by atoms with Crippen molar-refractivity contribution in [1.82, 2.24) is 15.3 Å². The fraction of sp³-hybridized carbons (Fsp3) is 0.444. The van der Waals surface area contributed by atoms with Gasteiger partial charge in [-0.1, -0.05) is 11.6 Å². The van der Waals surface area contributed by atoms with Crippen LogP contribution in [0.2, 0.25) is 5.15 Å². The summed E-state index contributed by atoms with van der Waals surface area (Å²) in [6, 6.07) is 1.74. The Labute approximate surface area is 92.3 Å². The third-order valence-electron chi connectivity index (χ3n) is 2.14. The average molecular weight is 227 g/mol. The van der Waals surface area contributed by atoms with E-state index in [1.807, 2.05) is 0 Å². The van der Waals surface area contributed by atoms with Crippen LogP contribution in [0.15, 0.2) is 6.07 Å². The Hall–Kier alpha value is -1.36. The van der Waals surface area contributed by atoms with Crippen LogP contribution in [0.4, 0.5) is 5.82 Å². The number of amides is 1. The summed E-state index contributed by atoms with van der Waals surface area (Å²) in [6.07, 6.45) is 0.473. The van der Waals surface area contributed by atoms with E-state index in [1.165, 1.54) is 0 Å². The number of hydrogen-bond donors (Lipinski definition) is 2. The highest BCUT2D eigenvalue weighted by Crippen LogP contribution is 2.14. The zero-order chi connectivity index (χ0) is 10.8. The molecule has 15 heavy (non-hydrogen) atoms. The van der Waals surface area contributed by atoms with Gasteiger partial charge in [-0.2, -0.15) is 0 Å². The SMILES string of the molecule is Cc1nc(Cl)cc(NC2CNC(=O)C2)n1. The minimum atomic E-state index is 0.0596. The standard InChI is InChI=1S/C9H11ClN4O/c1-5-12-7(10)3-8(13-5)14-6-2-9(15)11-4-6/h3,6H,2,4H2,1H3,(H,11,15)(H,12,13,14). The molecule has 1 aliphatic rings. The molecule has 2 N–H and O–H groups in total. The highest BCUT2D eigenvalue weighted by atomic mass is 35.5. The van der Waals surface area contributed by atoms with Gasteiger partial charge in [-0.15, -0.1) is 0 Å². The van der Waals surface area contributed by atoms with Gasteiger partial charge in [-0.25, -0.2) is 9.97 Å². The monoisotopic (exact) mass is 226 g/mol. The van der Waals surface area contributed by atoms with Crippen molar-refractivity contribution in [2.75, 3.05) is 11.9 Å². The molecular weight excluding hydrogens is 216 g/mol. The van der Waals surface area contributed by atoms with Crippen molar-refractivity contribution < 1.29 is 4.79 Å². The summed E-state index contributed by atoms with van der Waals surface area (Å²) in [5.41, 5.74) is 0. The summed E-state index contributed by atoms with van der Waals surface area (Å²) in [5, 5.41) is 6.28. The molecule has 1 atom stereocenters. The first-order valence-corrected chi connectivity index (χ1v) is 5.06. The van der Waals surface area contributed by atoms with Gasteiger partial charge in [0.1, 0.15) is 16.8 Å². The lowest BCUT2D eigenvalue weighted by Gasteiger charge is -2.11. The predicted molar refractivity (Wildman–Crippen MR) is 56.8 cm³/mol. The summed E-state index contributed by atoms with van der Waals surface area (Å²) in [5.74, 6) is 1.33. The Morgan fingerprint density at radius 1 is 1.60 bits per heavy atom. The topological polar surface area (TPSA) is 66.9 Å². The largest absolute Gasteiger partial charge is 0.365 e. The quantitative estimate of drug-likeness (QED) is 0.730. The Balaban J connectivity index is 2.07. The van der Waals surface area contributed by atoms with Gasteiger partial charge in [0.05, 0.1) is 6.04 Å². The maximum atomic E-state index is 11.0. The zero-order valence-electron chi connectivity index (χ0n) is 8.25. The Morgan fingerprint density at radius 2 is 2.40 bits per heavy atom. The zero-order valence-corrected chi connectivity index (χ0v) is 9.01. The van der Waals surface area contributed by atoms with Crippen LogP contribution >= 0.6 is 11.6 Å². The second-order valence-corrected chi connectivity index (χ2v) is 3.86.